The van der Waals surface area contributed by atoms with E-state index in [-0.39, 0.29) is 11.3 Å². The molecule has 3 nitrogen and oxygen atoms in total. The molecule has 0 bridgehead atoms. The summed E-state index contributed by atoms with van der Waals surface area (Å²) in [4.78, 5) is 10.8. The fourth-order valence-electron chi connectivity index (χ4n) is 1.16. The second-order valence-electron chi connectivity index (χ2n) is 2.72. The third-order valence-corrected chi connectivity index (χ3v) is 2.45. The number of aromatic carboxylic acids is 1. The molecule has 0 aliphatic carbocycles. The summed E-state index contributed by atoms with van der Waals surface area (Å²) in [5.74, 6) is -1.09. The Kier molecular flexibility index (Phi) is 3.30. The van der Waals surface area contributed by atoms with Crippen molar-refractivity contribution in [3.63, 3.8) is 0 Å². The molecular weight excluding hydrogens is 248 g/mol. The molecule has 0 unspecified atom stereocenters. The summed E-state index contributed by atoms with van der Waals surface area (Å²) < 4.78 is 0.486. The summed E-state index contributed by atoms with van der Waals surface area (Å²) >= 11 is 3.12. The molecular formula is C10H9BrO3. The smallest absolute Gasteiger partial charge is 0.336 e. The van der Waals surface area contributed by atoms with Gasteiger partial charge >= 0.3 is 5.97 Å². The molecule has 2 N–H and O–H groups in total. The van der Waals surface area contributed by atoms with Gasteiger partial charge in [0.15, 0.2) is 0 Å². The number of rotatable bonds is 3. The Hall–Kier alpha value is -1.29. The fourth-order valence-corrected chi connectivity index (χ4v) is 1.53. The molecule has 1 aromatic carbocycles. The first-order valence-corrected chi connectivity index (χ1v) is 4.71. The SMILES string of the molecule is C=CCc1c(C(=O)O)ccc(Br)c1O. The average Bonchev–Trinajstić information content (AvgIpc) is 2.13. The van der Waals surface area contributed by atoms with Gasteiger partial charge in [-0.25, -0.2) is 4.79 Å². The molecule has 0 saturated carbocycles. The normalized spacial score (nSPS) is 9.79. The number of allylic oxidation sites excluding steroid dienone is 1. The highest BCUT2D eigenvalue weighted by Gasteiger charge is 2.14. The first-order valence-electron chi connectivity index (χ1n) is 3.92. The average molecular weight is 257 g/mol. The highest BCUT2D eigenvalue weighted by atomic mass is 79.9. The number of carboxylic acids is 1. The number of carbonyl (C=O) groups is 1. The molecule has 0 aromatic heterocycles. The van der Waals surface area contributed by atoms with Crippen molar-refractivity contribution in [2.45, 2.75) is 6.42 Å². The molecule has 1 rings (SSSR count). The molecule has 0 fully saturated rings. The van der Waals surface area contributed by atoms with Crippen LogP contribution in [0.25, 0.3) is 0 Å². The lowest BCUT2D eigenvalue weighted by Crippen LogP contribution is -2.02. The summed E-state index contributed by atoms with van der Waals surface area (Å²) in [7, 11) is 0. The maximum Gasteiger partial charge on any atom is 0.336 e. The van der Waals surface area contributed by atoms with Crippen LogP contribution in [-0.4, -0.2) is 16.2 Å². The van der Waals surface area contributed by atoms with Gasteiger partial charge in [0.1, 0.15) is 5.75 Å². The number of hydrogen-bond acceptors (Lipinski definition) is 2. The Labute approximate surface area is 89.8 Å². The van der Waals surface area contributed by atoms with E-state index in [4.69, 9.17) is 5.11 Å². The predicted octanol–water partition coefficient (Wildman–Crippen LogP) is 2.58. The fraction of sp³-hybridized carbons (Fsp3) is 0.100. The monoisotopic (exact) mass is 256 g/mol. The number of phenols is 1. The second-order valence-corrected chi connectivity index (χ2v) is 3.57. The number of phenolic OH excluding ortho intramolecular Hbond substituents is 1. The molecule has 0 radical (unpaired) electrons. The lowest BCUT2D eigenvalue weighted by molar-refractivity contribution is 0.0695. The Balaban J connectivity index is 3.36. The largest absolute Gasteiger partial charge is 0.506 e. The van der Waals surface area contributed by atoms with Gasteiger partial charge in [-0.2, -0.15) is 0 Å². The van der Waals surface area contributed by atoms with Gasteiger partial charge in [0, 0.05) is 5.56 Å². The molecule has 0 amide bonds. The van der Waals surface area contributed by atoms with Gasteiger partial charge in [0.25, 0.3) is 0 Å². The molecule has 0 saturated heterocycles. The van der Waals surface area contributed by atoms with E-state index >= 15 is 0 Å². The molecule has 0 heterocycles. The minimum Gasteiger partial charge on any atom is -0.506 e. The molecule has 0 aliphatic rings. The first kappa shape index (κ1) is 10.8. The van der Waals surface area contributed by atoms with Gasteiger partial charge in [-0.1, -0.05) is 6.08 Å². The second kappa shape index (κ2) is 4.28. The van der Waals surface area contributed by atoms with Gasteiger partial charge in [-0.15, -0.1) is 6.58 Å². The zero-order valence-electron chi connectivity index (χ0n) is 7.33. The summed E-state index contributed by atoms with van der Waals surface area (Å²) in [5.41, 5.74) is 0.479. The van der Waals surface area contributed by atoms with Crippen molar-refractivity contribution in [1.82, 2.24) is 0 Å². The van der Waals surface area contributed by atoms with Crippen molar-refractivity contribution in [1.29, 1.82) is 0 Å². The minimum atomic E-state index is -1.05. The number of benzene rings is 1. The first-order chi connectivity index (χ1) is 6.57. The van der Waals surface area contributed by atoms with E-state index in [0.29, 0.717) is 16.5 Å². The van der Waals surface area contributed by atoms with Gasteiger partial charge in [0.2, 0.25) is 0 Å². The lowest BCUT2D eigenvalue weighted by atomic mass is 10.0. The van der Waals surface area contributed by atoms with Crippen molar-refractivity contribution in [3.8, 4) is 5.75 Å². The van der Waals surface area contributed by atoms with E-state index in [1.54, 1.807) is 6.08 Å². The van der Waals surface area contributed by atoms with Crippen LogP contribution in [-0.2, 0) is 6.42 Å². The Morgan fingerprint density at radius 2 is 2.21 bits per heavy atom. The van der Waals surface area contributed by atoms with E-state index in [1.165, 1.54) is 12.1 Å². The summed E-state index contributed by atoms with van der Waals surface area (Å²) in [6.07, 6.45) is 1.88. The van der Waals surface area contributed by atoms with E-state index in [2.05, 4.69) is 22.5 Å². The topological polar surface area (TPSA) is 57.5 Å². The van der Waals surface area contributed by atoms with Crippen molar-refractivity contribution in [2.24, 2.45) is 0 Å². The van der Waals surface area contributed by atoms with Crippen molar-refractivity contribution in [3.05, 3.63) is 40.4 Å². The maximum atomic E-state index is 10.8. The molecule has 14 heavy (non-hydrogen) atoms. The van der Waals surface area contributed by atoms with Crippen LogP contribution in [0.15, 0.2) is 29.3 Å². The summed E-state index contributed by atoms with van der Waals surface area (Å²) in [5, 5.41) is 18.4. The lowest BCUT2D eigenvalue weighted by Gasteiger charge is -2.07. The van der Waals surface area contributed by atoms with Gasteiger partial charge in [0.05, 0.1) is 10.0 Å². The van der Waals surface area contributed by atoms with Crippen LogP contribution in [0.4, 0.5) is 0 Å². The van der Waals surface area contributed by atoms with Crippen LogP contribution < -0.4 is 0 Å². The van der Waals surface area contributed by atoms with Crippen LogP contribution >= 0.6 is 15.9 Å². The Bertz CT molecular complexity index is 385. The van der Waals surface area contributed by atoms with E-state index in [1.807, 2.05) is 0 Å². The molecule has 0 atom stereocenters. The van der Waals surface area contributed by atoms with Crippen molar-refractivity contribution in [2.75, 3.05) is 0 Å². The quantitative estimate of drug-likeness (QED) is 0.818. The van der Waals surface area contributed by atoms with Crippen LogP contribution in [0.1, 0.15) is 15.9 Å². The minimum absolute atomic E-state index is 0.0372. The van der Waals surface area contributed by atoms with Gasteiger partial charge < -0.3 is 10.2 Å². The van der Waals surface area contributed by atoms with Crippen LogP contribution in [0, 0.1) is 0 Å². The number of carboxylic acid groups (broad SMARTS) is 1. The third-order valence-electron chi connectivity index (χ3n) is 1.81. The summed E-state index contributed by atoms with van der Waals surface area (Å²) in [6, 6.07) is 2.95. The van der Waals surface area contributed by atoms with Crippen LogP contribution in [0.5, 0.6) is 5.75 Å². The molecule has 74 valence electrons. The number of hydrogen-bond donors (Lipinski definition) is 2. The Morgan fingerprint density at radius 3 is 2.71 bits per heavy atom. The molecule has 4 heteroatoms. The predicted molar refractivity (Wildman–Crippen MR) is 56.7 cm³/mol. The maximum absolute atomic E-state index is 10.8. The third kappa shape index (κ3) is 1.96. The van der Waals surface area contributed by atoms with Crippen LogP contribution in [0.2, 0.25) is 0 Å². The standard InChI is InChI=1S/C10H9BrO3/c1-2-3-6-7(10(13)14)4-5-8(11)9(6)12/h2,4-5,12H,1,3H2,(H,13,14). The van der Waals surface area contributed by atoms with Gasteiger partial charge in [-0.05, 0) is 34.5 Å². The Morgan fingerprint density at radius 1 is 1.57 bits per heavy atom. The molecule has 0 aliphatic heterocycles. The highest BCUT2D eigenvalue weighted by Crippen LogP contribution is 2.30. The molecule has 1 aromatic rings. The van der Waals surface area contributed by atoms with Crippen molar-refractivity contribution >= 4 is 21.9 Å². The number of aromatic hydroxyl groups is 1. The zero-order valence-corrected chi connectivity index (χ0v) is 8.91. The van der Waals surface area contributed by atoms with Gasteiger partial charge in [-0.3, -0.25) is 0 Å². The number of halogens is 1. The van der Waals surface area contributed by atoms with E-state index in [0.717, 1.165) is 0 Å². The van der Waals surface area contributed by atoms with E-state index in [9.17, 15) is 9.90 Å². The summed E-state index contributed by atoms with van der Waals surface area (Å²) in [6.45, 7) is 3.51. The van der Waals surface area contributed by atoms with Crippen LogP contribution in [0.3, 0.4) is 0 Å². The molecule has 0 spiro atoms. The van der Waals surface area contributed by atoms with E-state index < -0.39 is 5.97 Å². The highest BCUT2D eigenvalue weighted by molar-refractivity contribution is 9.10. The van der Waals surface area contributed by atoms with Crippen molar-refractivity contribution < 1.29 is 15.0 Å². The zero-order chi connectivity index (χ0) is 10.7.